The molecule has 0 aliphatic carbocycles. The van der Waals surface area contributed by atoms with Crippen LogP contribution in [-0.2, 0) is 29.0 Å². The normalized spacial score (nSPS) is 11.6. The monoisotopic (exact) mass is 452 g/mol. The van der Waals surface area contributed by atoms with Crippen LogP contribution in [0.4, 0.5) is 4.39 Å². The summed E-state index contributed by atoms with van der Waals surface area (Å²) in [5.74, 6) is -0.778. The van der Waals surface area contributed by atoms with Gasteiger partial charge < -0.3 is 10.2 Å². The highest BCUT2D eigenvalue weighted by Gasteiger charge is 2.30. The van der Waals surface area contributed by atoms with E-state index in [-0.39, 0.29) is 30.6 Å². The van der Waals surface area contributed by atoms with E-state index < -0.39 is 6.04 Å². The molecule has 0 aliphatic rings. The maximum absolute atomic E-state index is 13.4. The maximum atomic E-state index is 13.4. The van der Waals surface area contributed by atoms with E-state index in [1.54, 1.807) is 29.2 Å². The van der Waals surface area contributed by atoms with E-state index in [0.717, 1.165) is 11.1 Å². The Kier molecular flexibility index (Phi) is 8.40. The highest BCUT2D eigenvalue weighted by atomic mass is 35.5. The molecule has 1 N–H and O–H groups in total. The molecule has 0 bridgehead atoms. The number of amides is 2. The van der Waals surface area contributed by atoms with Crippen LogP contribution in [0.1, 0.15) is 23.6 Å². The Morgan fingerprint density at radius 3 is 2.16 bits per heavy atom. The van der Waals surface area contributed by atoms with Crippen LogP contribution < -0.4 is 5.32 Å². The summed E-state index contributed by atoms with van der Waals surface area (Å²) in [6.45, 7) is 2.57. The van der Waals surface area contributed by atoms with Crippen LogP contribution in [0.15, 0.2) is 78.9 Å². The number of nitrogens with zero attached hydrogens (tertiary/aromatic N) is 1. The van der Waals surface area contributed by atoms with Gasteiger partial charge in [0.2, 0.25) is 11.8 Å². The summed E-state index contributed by atoms with van der Waals surface area (Å²) in [5, 5.41) is 3.46. The smallest absolute Gasteiger partial charge is 0.243 e. The van der Waals surface area contributed by atoms with Crippen molar-refractivity contribution in [3.05, 3.63) is 106 Å². The molecule has 3 rings (SSSR count). The van der Waals surface area contributed by atoms with E-state index in [9.17, 15) is 14.0 Å². The first-order chi connectivity index (χ1) is 15.5. The summed E-state index contributed by atoms with van der Waals surface area (Å²) in [6, 6.07) is 22.0. The molecular weight excluding hydrogens is 427 g/mol. The zero-order valence-electron chi connectivity index (χ0n) is 17.9. The van der Waals surface area contributed by atoms with Crippen molar-refractivity contribution >= 4 is 23.4 Å². The number of benzene rings is 3. The first kappa shape index (κ1) is 23.5. The van der Waals surface area contributed by atoms with Crippen molar-refractivity contribution < 1.29 is 14.0 Å². The van der Waals surface area contributed by atoms with Gasteiger partial charge in [-0.2, -0.15) is 0 Å². The van der Waals surface area contributed by atoms with Gasteiger partial charge in [0.25, 0.3) is 0 Å². The lowest BCUT2D eigenvalue weighted by molar-refractivity contribution is -0.140. The molecule has 0 aromatic heterocycles. The Morgan fingerprint density at radius 2 is 1.53 bits per heavy atom. The highest BCUT2D eigenvalue weighted by molar-refractivity contribution is 6.30. The lowest BCUT2D eigenvalue weighted by atomic mass is 10.0. The first-order valence-corrected chi connectivity index (χ1v) is 10.9. The molecule has 0 radical (unpaired) electrons. The van der Waals surface area contributed by atoms with Gasteiger partial charge in [0.05, 0.1) is 6.42 Å². The molecule has 0 saturated heterocycles. The number of carbonyl (C=O) groups is 2. The fourth-order valence-electron chi connectivity index (χ4n) is 3.51. The number of rotatable bonds is 9. The summed E-state index contributed by atoms with van der Waals surface area (Å²) in [6.07, 6.45) is 0.452. The Labute approximate surface area is 193 Å². The van der Waals surface area contributed by atoms with Crippen LogP contribution in [0.25, 0.3) is 0 Å². The minimum Gasteiger partial charge on any atom is -0.355 e. The molecule has 1 atom stereocenters. The predicted octanol–water partition coefficient (Wildman–Crippen LogP) is 4.80. The molecular formula is C26H26ClFN2O2. The van der Waals surface area contributed by atoms with Crippen LogP contribution in [0, 0.1) is 5.82 Å². The molecule has 0 unspecified atom stereocenters. The number of halogens is 2. The molecule has 6 heteroatoms. The second-order valence-electron chi connectivity index (χ2n) is 7.55. The topological polar surface area (TPSA) is 49.4 Å². The third kappa shape index (κ3) is 6.66. The van der Waals surface area contributed by atoms with Crippen molar-refractivity contribution in [2.45, 2.75) is 32.4 Å². The van der Waals surface area contributed by atoms with Crippen LogP contribution >= 0.6 is 11.6 Å². The van der Waals surface area contributed by atoms with Gasteiger partial charge in [-0.15, -0.1) is 0 Å². The SMILES string of the molecule is CCNC(=O)[C@@H](Cc1ccccc1)N(Cc1ccc(Cl)cc1)C(=O)Cc1ccc(F)cc1. The summed E-state index contributed by atoms with van der Waals surface area (Å²) in [7, 11) is 0. The quantitative estimate of drug-likeness (QED) is 0.507. The number of hydrogen-bond donors (Lipinski definition) is 1. The zero-order chi connectivity index (χ0) is 22.9. The first-order valence-electron chi connectivity index (χ1n) is 10.6. The third-order valence-corrected chi connectivity index (χ3v) is 5.41. The average molecular weight is 453 g/mol. The molecule has 3 aromatic rings. The number of nitrogens with one attached hydrogen (secondary N) is 1. The number of likely N-dealkylation sites (N-methyl/N-ethyl adjacent to an activating group) is 1. The van der Waals surface area contributed by atoms with Gasteiger partial charge in [-0.3, -0.25) is 9.59 Å². The second kappa shape index (κ2) is 11.4. The van der Waals surface area contributed by atoms with E-state index in [0.29, 0.717) is 23.6 Å². The van der Waals surface area contributed by atoms with Gasteiger partial charge in [-0.25, -0.2) is 4.39 Å². The number of carbonyl (C=O) groups excluding carboxylic acids is 2. The second-order valence-corrected chi connectivity index (χ2v) is 7.99. The summed E-state index contributed by atoms with van der Waals surface area (Å²) in [5.41, 5.74) is 2.51. The molecule has 166 valence electrons. The van der Waals surface area contributed by atoms with Gasteiger partial charge in [-0.1, -0.05) is 66.2 Å². The molecule has 0 fully saturated rings. The van der Waals surface area contributed by atoms with Crippen molar-refractivity contribution in [3.8, 4) is 0 Å². The fraction of sp³-hybridized carbons (Fsp3) is 0.231. The van der Waals surface area contributed by atoms with Crippen molar-refractivity contribution in [2.24, 2.45) is 0 Å². The van der Waals surface area contributed by atoms with Gasteiger partial charge in [0, 0.05) is 24.5 Å². The standard InChI is InChI=1S/C26H26ClFN2O2/c1-2-29-26(32)24(16-19-6-4-3-5-7-19)30(18-21-8-12-22(27)13-9-21)25(31)17-20-10-14-23(28)15-11-20/h3-15,24H,2,16-18H2,1H3,(H,29,32)/t24-/m1/s1. The van der Waals surface area contributed by atoms with Crippen molar-refractivity contribution in [1.82, 2.24) is 10.2 Å². The van der Waals surface area contributed by atoms with E-state index in [1.807, 2.05) is 49.4 Å². The molecule has 2 amide bonds. The van der Waals surface area contributed by atoms with Crippen LogP contribution in [0.3, 0.4) is 0 Å². The third-order valence-electron chi connectivity index (χ3n) is 5.16. The van der Waals surface area contributed by atoms with Crippen LogP contribution in [-0.4, -0.2) is 29.3 Å². The molecule has 3 aromatic carbocycles. The minimum absolute atomic E-state index is 0.0680. The molecule has 0 aliphatic heterocycles. The predicted molar refractivity (Wildman–Crippen MR) is 125 cm³/mol. The van der Waals surface area contributed by atoms with Crippen molar-refractivity contribution in [1.29, 1.82) is 0 Å². The maximum Gasteiger partial charge on any atom is 0.243 e. The lowest BCUT2D eigenvalue weighted by Gasteiger charge is -2.31. The molecule has 32 heavy (non-hydrogen) atoms. The zero-order valence-corrected chi connectivity index (χ0v) is 18.7. The van der Waals surface area contributed by atoms with Gasteiger partial charge in [0.15, 0.2) is 0 Å². The Hall–Kier alpha value is -3.18. The summed E-state index contributed by atoms with van der Waals surface area (Å²) < 4.78 is 13.3. The average Bonchev–Trinajstić information content (AvgIpc) is 2.79. The molecule has 4 nitrogen and oxygen atoms in total. The molecule has 0 saturated carbocycles. The van der Waals surface area contributed by atoms with E-state index >= 15 is 0 Å². The Morgan fingerprint density at radius 1 is 0.906 bits per heavy atom. The summed E-state index contributed by atoms with van der Waals surface area (Å²) in [4.78, 5) is 28.1. The Balaban J connectivity index is 1.93. The largest absolute Gasteiger partial charge is 0.355 e. The minimum atomic E-state index is -0.694. The number of hydrogen-bond acceptors (Lipinski definition) is 2. The van der Waals surface area contributed by atoms with E-state index in [4.69, 9.17) is 11.6 Å². The summed E-state index contributed by atoms with van der Waals surface area (Å²) >= 11 is 6.02. The van der Waals surface area contributed by atoms with E-state index in [2.05, 4.69) is 5.32 Å². The van der Waals surface area contributed by atoms with E-state index in [1.165, 1.54) is 12.1 Å². The van der Waals surface area contributed by atoms with Crippen molar-refractivity contribution in [3.63, 3.8) is 0 Å². The van der Waals surface area contributed by atoms with Gasteiger partial charge in [0.1, 0.15) is 11.9 Å². The lowest BCUT2D eigenvalue weighted by Crippen LogP contribution is -2.50. The van der Waals surface area contributed by atoms with Crippen LogP contribution in [0.2, 0.25) is 5.02 Å². The van der Waals surface area contributed by atoms with Gasteiger partial charge >= 0.3 is 0 Å². The fourth-order valence-corrected chi connectivity index (χ4v) is 3.64. The van der Waals surface area contributed by atoms with Crippen LogP contribution in [0.5, 0.6) is 0 Å². The Bertz CT molecular complexity index is 1020. The molecule has 0 spiro atoms. The van der Waals surface area contributed by atoms with Gasteiger partial charge in [-0.05, 0) is 47.9 Å². The van der Waals surface area contributed by atoms with Crippen molar-refractivity contribution in [2.75, 3.05) is 6.54 Å². The molecule has 0 heterocycles. The highest BCUT2D eigenvalue weighted by Crippen LogP contribution is 2.18.